The summed E-state index contributed by atoms with van der Waals surface area (Å²) in [6.07, 6.45) is 0.786. The Morgan fingerprint density at radius 3 is 2.59 bits per heavy atom. The van der Waals surface area contributed by atoms with Crippen LogP contribution >= 0.6 is 34.7 Å². The number of thiophene rings is 1. The number of halogens is 1. The second kappa shape index (κ2) is 12.1. The lowest BCUT2D eigenvalue weighted by Crippen LogP contribution is -2.30. The second-order valence-corrected chi connectivity index (χ2v) is 12.1. The van der Waals surface area contributed by atoms with Crippen molar-refractivity contribution in [3.05, 3.63) is 110 Å². The van der Waals surface area contributed by atoms with Gasteiger partial charge in [-0.2, -0.15) is 0 Å². The Hall–Kier alpha value is -3.63. The molecule has 0 radical (unpaired) electrons. The number of rotatable bonds is 8. The highest BCUT2D eigenvalue weighted by Gasteiger charge is 2.26. The zero-order chi connectivity index (χ0) is 28.3. The summed E-state index contributed by atoms with van der Waals surface area (Å²) in [7, 11) is 1.60. The number of thioether (sulfide) groups is 1. The predicted octanol–water partition coefficient (Wildman–Crippen LogP) is 6.40. The van der Waals surface area contributed by atoms with Gasteiger partial charge in [0.1, 0.15) is 10.6 Å². The average molecular weight is 603 g/mol. The van der Waals surface area contributed by atoms with E-state index in [0.717, 1.165) is 31.6 Å². The van der Waals surface area contributed by atoms with E-state index in [-0.39, 0.29) is 17.2 Å². The van der Waals surface area contributed by atoms with Gasteiger partial charge >= 0.3 is 0 Å². The number of ether oxygens (including phenoxy) is 1. The smallest absolute Gasteiger partial charge is 0.267 e. The summed E-state index contributed by atoms with van der Waals surface area (Å²) >= 11 is 9.01. The van der Waals surface area contributed by atoms with Gasteiger partial charge in [-0.05, 0) is 53.9 Å². The number of fused-ring (bicyclic) bond motifs is 3. The molecule has 10 heteroatoms. The lowest BCUT2D eigenvalue weighted by Gasteiger charge is -2.26. The third-order valence-corrected chi connectivity index (χ3v) is 9.36. The van der Waals surface area contributed by atoms with E-state index in [2.05, 4.69) is 34.5 Å². The molecule has 0 spiro atoms. The molecule has 2 aromatic heterocycles. The van der Waals surface area contributed by atoms with Crippen LogP contribution in [0.15, 0.2) is 88.8 Å². The standard InChI is InChI=1S/C31H27ClN4O3S2/c1-39-22-13-11-21(12-14-22)36-30(38)28-23-15-16-35(17-20-7-3-2-4-8-20)18-26(23)41-29(28)34-31(36)40-19-27(37)33-25-10-6-5-9-24(25)32/h2-14H,15-19H2,1H3,(H,33,37). The van der Waals surface area contributed by atoms with Crippen molar-refractivity contribution in [2.75, 3.05) is 24.7 Å². The molecule has 0 bridgehead atoms. The predicted molar refractivity (Wildman–Crippen MR) is 167 cm³/mol. The van der Waals surface area contributed by atoms with Gasteiger partial charge in [0.25, 0.3) is 5.56 Å². The van der Waals surface area contributed by atoms with Crippen LogP contribution in [0.4, 0.5) is 5.69 Å². The first-order valence-electron chi connectivity index (χ1n) is 13.2. The summed E-state index contributed by atoms with van der Waals surface area (Å²) in [4.78, 5) is 36.2. The molecule has 5 aromatic rings. The maximum absolute atomic E-state index is 14.1. The minimum Gasteiger partial charge on any atom is -0.497 e. The van der Waals surface area contributed by atoms with Crippen LogP contribution in [0.3, 0.4) is 0 Å². The van der Waals surface area contributed by atoms with E-state index in [1.165, 1.54) is 22.2 Å². The van der Waals surface area contributed by atoms with Crippen molar-refractivity contribution in [3.8, 4) is 11.4 Å². The van der Waals surface area contributed by atoms with E-state index < -0.39 is 0 Å². The van der Waals surface area contributed by atoms with Crippen molar-refractivity contribution in [1.82, 2.24) is 14.5 Å². The van der Waals surface area contributed by atoms with Crippen LogP contribution in [0, 0.1) is 0 Å². The van der Waals surface area contributed by atoms with Gasteiger partial charge in [-0.25, -0.2) is 4.98 Å². The Balaban J connectivity index is 1.34. The van der Waals surface area contributed by atoms with Crippen molar-refractivity contribution < 1.29 is 9.53 Å². The lowest BCUT2D eigenvalue weighted by atomic mass is 10.0. The Morgan fingerprint density at radius 2 is 1.83 bits per heavy atom. The largest absolute Gasteiger partial charge is 0.497 e. The highest BCUT2D eigenvalue weighted by atomic mass is 35.5. The SMILES string of the molecule is COc1ccc(-n2c(SCC(=O)Nc3ccccc3Cl)nc3sc4c(c3c2=O)CCN(Cc2ccccc2)C4)cc1. The molecule has 7 nitrogen and oxygen atoms in total. The molecule has 1 aliphatic rings. The fourth-order valence-corrected chi connectivity index (χ4v) is 7.29. The summed E-state index contributed by atoms with van der Waals surface area (Å²) in [5.74, 6) is 0.520. The number of hydrogen-bond donors (Lipinski definition) is 1. The third kappa shape index (κ3) is 5.90. The van der Waals surface area contributed by atoms with Crippen LogP contribution < -0.4 is 15.6 Å². The summed E-state index contributed by atoms with van der Waals surface area (Å²) in [5.41, 5.74) is 3.44. The van der Waals surface area contributed by atoms with Gasteiger partial charge < -0.3 is 10.1 Å². The van der Waals surface area contributed by atoms with Crippen LogP contribution in [0.25, 0.3) is 15.9 Å². The number of para-hydroxylation sites is 1. The van der Waals surface area contributed by atoms with E-state index in [0.29, 0.717) is 37.5 Å². The number of carbonyl (C=O) groups excluding carboxylic acids is 1. The highest BCUT2D eigenvalue weighted by Crippen LogP contribution is 2.35. The molecule has 0 saturated heterocycles. The van der Waals surface area contributed by atoms with Gasteiger partial charge in [-0.1, -0.05) is 65.8 Å². The van der Waals surface area contributed by atoms with E-state index in [1.54, 1.807) is 41.2 Å². The summed E-state index contributed by atoms with van der Waals surface area (Å²) in [6, 6.07) is 24.8. The minimum atomic E-state index is -0.235. The maximum atomic E-state index is 14.1. The summed E-state index contributed by atoms with van der Waals surface area (Å²) in [5, 5.41) is 4.44. The molecule has 0 aliphatic carbocycles. The summed E-state index contributed by atoms with van der Waals surface area (Å²) < 4.78 is 6.93. The number of hydrogen-bond acceptors (Lipinski definition) is 7. The van der Waals surface area contributed by atoms with Crippen LogP contribution in [-0.2, 0) is 24.3 Å². The van der Waals surface area contributed by atoms with Gasteiger partial charge in [-0.15, -0.1) is 11.3 Å². The Labute approximate surface area is 250 Å². The van der Waals surface area contributed by atoms with Crippen LogP contribution in [0.2, 0.25) is 5.02 Å². The molecule has 3 heterocycles. The van der Waals surface area contributed by atoms with Crippen LogP contribution in [0.5, 0.6) is 5.75 Å². The number of methoxy groups -OCH3 is 1. The molecule has 41 heavy (non-hydrogen) atoms. The van der Waals surface area contributed by atoms with E-state index in [1.807, 2.05) is 36.4 Å². The zero-order valence-corrected chi connectivity index (χ0v) is 24.7. The number of nitrogens with zero attached hydrogens (tertiary/aromatic N) is 3. The van der Waals surface area contributed by atoms with E-state index >= 15 is 0 Å². The Morgan fingerprint density at radius 1 is 1.07 bits per heavy atom. The lowest BCUT2D eigenvalue weighted by molar-refractivity contribution is -0.113. The average Bonchev–Trinajstić information content (AvgIpc) is 3.36. The topological polar surface area (TPSA) is 76.5 Å². The van der Waals surface area contributed by atoms with Crippen molar-refractivity contribution in [3.63, 3.8) is 0 Å². The fourth-order valence-electron chi connectivity index (χ4n) is 4.99. The van der Waals surface area contributed by atoms with Crippen molar-refractivity contribution in [2.24, 2.45) is 0 Å². The maximum Gasteiger partial charge on any atom is 0.267 e. The van der Waals surface area contributed by atoms with E-state index in [9.17, 15) is 9.59 Å². The first-order chi connectivity index (χ1) is 20.0. The van der Waals surface area contributed by atoms with Crippen LogP contribution in [-0.4, -0.2) is 39.8 Å². The monoisotopic (exact) mass is 602 g/mol. The van der Waals surface area contributed by atoms with E-state index in [4.69, 9.17) is 21.3 Å². The molecular formula is C31H27ClN4O3S2. The normalized spacial score (nSPS) is 13.2. The van der Waals surface area contributed by atoms with Gasteiger partial charge in [0.05, 0.1) is 34.6 Å². The first kappa shape index (κ1) is 27.5. The molecule has 3 aromatic carbocycles. The first-order valence-corrected chi connectivity index (χ1v) is 15.3. The second-order valence-electron chi connectivity index (χ2n) is 9.68. The van der Waals surface area contributed by atoms with Crippen molar-refractivity contribution >= 4 is 56.5 Å². The van der Waals surface area contributed by atoms with Gasteiger partial charge in [0.15, 0.2) is 5.16 Å². The van der Waals surface area contributed by atoms with Crippen molar-refractivity contribution in [1.29, 1.82) is 0 Å². The number of carbonyl (C=O) groups is 1. The molecule has 6 rings (SSSR count). The Bertz CT molecular complexity index is 1770. The number of nitrogens with one attached hydrogen (secondary N) is 1. The molecule has 208 valence electrons. The number of aromatic nitrogens is 2. The number of anilines is 1. The van der Waals surface area contributed by atoms with Gasteiger partial charge in [-0.3, -0.25) is 19.1 Å². The molecule has 1 N–H and O–H groups in total. The molecular weight excluding hydrogens is 576 g/mol. The zero-order valence-electron chi connectivity index (χ0n) is 22.3. The minimum absolute atomic E-state index is 0.0647. The fraction of sp³-hybridized carbons (Fsp3) is 0.194. The van der Waals surface area contributed by atoms with Gasteiger partial charge in [0, 0.05) is 24.5 Å². The molecule has 0 unspecified atom stereocenters. The van der Waals surface area contributed by atoms with Crippen LogP contribution in [0.1, 0.15) is 16.0 Å². The Kier molecular flexibility index (Phi) is 8.11. The highest BCUT2D eigenvalue weighted by molar-refractivity contribution is 7.99. The number of benzene rings is 3. The van der Waals surface area contributed by atoms with Crippen molar-refractivity contribution in [2.45, 2.75) is 24.7 Å². The molecule has 0 fully saturated rings. The summed E-state index contributed by atoms with van der Waals surface area (Å²) in [6.45, 7) is 2.50. The quantitative estimate of drug-likeness (QED) is 0.164. The van der Waals surface area contributed by atoms with Gasteiger partial charge in [0.2, 0.25) is 5.91 Å². The molecule has 1 aliphatic heterocycles. The molecule has 1 amide bonds. The molecule has 0 saturated carbocycles. The molecule has 0 atom stereocenters. The number of amides is 1. The third-order valence-electron chi connectivity index (χ3n) is 6.98.